The number of halogens is 1. The topological polar surface area (TPSA) is 83.0 Å². The molecule has 0 saturated heterocycles. The van der Waals surface area contributed by atoms with Gasteiger partial charge < -0.3 is 15.0 Å². The van der Waals surface area contributed by atoms with Gasteiger partial charge in [-0.15, -0.1) is 10.2 Å². The van der Waals surface area contributed by atoms with Crippen LogP contribution in [0.5, 0.6) is 5.75 Å². The second kappa shape index (κ2) is 6.82. The second-order valence-corrected chi connectivity index (χ2v) is 5.53. The van der Waals surface area contributed by atoms with Gasteiger partial charge in [-0.05, 0) is 25.1 Å². The van der Waals surface area contributed by atoms with Crippen LogP contribution in [-0.2, 0) is 11.3 Å². The third kappa shape index (κ3) is 3.48. The lowest BCUT2D eigenvalue weighted by atomic mass is 10.2. The molecule has 112 valence electrons. The molecule has 0 saturated carbocycles. The van der Waals surface area contributed by atoms with Crippen LogP contribution in [0.1, 0.15) is 6.92 Å². The number of nitrogens with zero attached hydrogens (tertiary/aromatic N) is 3. The van der Waals surface area contributed by atoms with Crippen molar-refractivity contribution >= 4 is 29.3 Å². The predicted octanol–water partition coefficient (Wildman–Crippen LogP) is 2.20. The maximum atomic E-state index is 10.9. The highest BCUT2D eigenvalue weighted by atomic mass is 35.5. The average molecular weight is 327 g/mol. The lowest BCUT2D eigenvalue weighted by Gasteiger charge is -2.10. The van der Waals surface area contributed by atoms with Gasteiger partial charge in [0.2, 0.25) is 5.91 Å². The zero-order valence-corrected chi connectivity index (χ0v) is 13.2. The van der Waals surface area contributed by atoms with Gasteiger partial charge in [0, 0.05) is 11.6 Å². The summed E-state index contributed by atoms with van der Waals surface area (Å²) in [4.78, 5) is 10.9. The summed E-state index contributed by atoms with van der Waals surface area (Å²) in [5, 5.41) is 9.51. The van der Waals surface area contributed by atoms with Crippen molar-refractivity contribution in [3.05, 3.63) is 23.2 Å². The van der Waals surface area contributed by atoms with Crippen LogP contribution < -0.4 is 10.5 Å². The van der Waals surface area contributed by atoms with Crippen LogP contribution in [0.15, 0.2) is 23.4 Å². The van der Waals surface area contributed by atoms with Crippen molar-refractivity contribution in [1.29, 1.82) is 0 Å². The summed E-state index contributed by atoms with van der Waals surface area (Å²) in [6.45, 7) is 2.62. The van der Waals surface area contributed by atoms with Crippen molar-refractivity contribution in [2.24, 2.45) is 5.73 Å². The Morgan fingerprint density at radius 3 is 2.86 bits per heavy atom. The summed E-state index contributed by atoms with van der Waals surface area (Å²) in [5.74, 6) is 1.06. The Hall–Kier alpha value is -1.73. The molecule has 1 aromatic heterocycles. The number of carbonyl (C=O) groups excluding carboxylic acids is 1. The van der Waals surface area contributed by atoms with E-state index in [1.54, 1.807) is 25.3 Å². The van der Waals surface area contributed by atoms with E-state index in [2.05, 4.69) is 10.2 Å². The van der Waals surface area contributed by atoms with E-state index in [1.807, 2.05) is 11.5 Å². The zero-order chi connectivity index (χ0) is 15.4. The molecule has 0 aliphatic carbocycles. The number of nitrogens with two attached hydrogens (primary N) is 1. The molecule has 0 fully saturated rings. The standard InChI is InChI=1S/C13H15ClN4O2S/c1-3-18-12(16-17-13(18)21-7-11(15)19)9-6-8(14)4-5-10(9)20-2/h4-6H,3,7H2,1-2H3,(H2,15,19). The normalized spacial score (nSPS) is 10.6. The highest BCUT2D eigenvalue weighted by Crippen LogP contribution is 2.33. The number of ether oxygens (including phenoxy) is 1. The largest absolute Gasteiger partial charge is 0.496 e. The molecule has 0 bridgehead atoms. The molecular formula is C13H15ClN4O2S. The minimum Gasteiger partial charge on any atom is -0.496 e. The highest BCUT2D eigenvalue weighted by Gasteiger charge is 2.17. The van der Waals surface area contributed by atoms with Crippen LogP contribution in [0.3, 0.4) is 0 Å². The van der Waals surface area contributed by atoms with Crippen molar-refractivity contribution in [2.45, 2.75) is 18.6 Å². The van der Waals surface area contributed by atoms with E-state index >= 15 is 0 Å². The van der Waals surface area contributed by atoms with Crippen LogP contribution in [0.25, 0.3) is 11.4 Å². The van der Waals surface area contributed by atoms with E-state index in [9.17, 15) is 4.79 Å². The Labute approximate surface area is 131 Å². The molecule has 1 aromatic carbocycles. The van der Waals surface area contributed by atoms with E-state index in [0.29, 0.717) is 28.3 Å². The summed E-state index contributed by atoms with van der Waals surface area (Å²) in [7, 11) is 1.59. The first-order valence-electron chi connectivity index (χ1n) is 6.25. The molecule has 0 aliphatic rings. The zero-order valence-electron chi connectivity index (χ0n) is 11.7. The molecule has 8 heteroatoms. The summed E-state index contributed by atoms with van der Waals surface area (Å²) < 4.78 is 7.23. The molecular weight excluding hydrogens is 312 g/mol. The highest BCUT2D eigenvalue weighted by molar-refractivity contribution is 7.99. The Kier molecular flexibility index (Phi) is 5.08. The first-order valence-corrected chi connectivity index (χ1v) is 7.61. The monoisotopic (exact) mass is 326 g/mol. The fourth-order valence-corrected chi connectivity index (χ4v) is 2.78. The van der Waals surface area contributed by atoms with Gasteiger partial charge in [-0.2, -0.15) is 0 Å². The number of carbonyl (C=O) groups is 1. The molecule has 0 unspecified atom stereocenters. The number of thioether (sulfide) groups is 1. The van der Waals surface area contributed by atoms with Crippen molar-refractivity contribution in [2.75, 3.05) is 12.9 Å². The third-order valence-electron chi connectivity index (χ3n) is 2.78. The second-order valence-electron chi connectivity index (χ2n) is 4.15. The van der Waals surface area contributed by atoms with Crippen molar-refractivity contribution in [1.82, 2.24) is 14.8 Å². The number of hydrogen-bond donors (Lipinski definition) is 1. The van der Waals surface area contributed by atoms with Gasteiger partial charge in [0.25, 0.3) is 0 Å². The number of amides is 1. The molecule has 1 amide bonds. The summed E-state index contributed by atoms with van der Waals surface area (Å²) in [6, 6.07) is 5.31. The van der Waals surface area contributed by atoms with Gasteiger partial charge in [0.15, 0.2) is 11.0 Å². The maximum absolute atomic E-state index is 10.9. The number of aromatic nitrogens is 3. The Bertz CT molecular complexity index is 660. The molecule has 0 spiro atoms. The number of rotatable bonds is 6. The molecule has 6 nitrogen and oxygen atoms in total. The molecule has 0 aliphatic heterocycles. The SMILES string of the molecule is CCn1c(SCC(N)=O)nnc1-c1cc(Cl)ccc1OC. The van der Waals surface area contributed by atoms with Crippen molar-refractivity contribution in [3.63, 3.8) is 0 Å². The number of benzene rings is 1. The number of methoxy groups -OCH3 is 1. The Morgan fingerprint density at radius 1 is 1.48 bits per heavy atom. The van der Waals surface area contributed by atoms with Gasteiger partial charge in [-0.3, -0.25) is 4.79 Å². The van der Waals surface area contributed by atoms with Crippen molar-refractivity contribution < 1.29 is 9.53 Å². The van der Waals surface area contributed by atoms with Gasteiger partial charge in [0.1, 0.15) is 5.75 Å². The van der Waals surface area contributed by atoms with Crippen molar-refractivity contribution in [3.8, 4) is 17.1 Å². The fourth-order valence-electron chi connectivity index (χ4n) is 1.87. The quantitative estimate of drug-likeness (QED) is 0.823. The fraction of sp³-hybridized carbons (Fsp3) is 0.308. The van der Waals surface area contributed by atoms with E-state index in [4.69, 9.17) is 22.1 Å². The van der Waals surface area contributed by atoms with E-state index in [0.717, 1.165) is 5.56 Å². The van der Waals surface area contributed by atoms with E-state index < -0.39 is 5.91 Å². The van der Waals surface area contributed by atoms with Gasteiger partial charge in [-0.1, -0.05) is 23.4 Å². The number of primary amides is 1. The summed E-state index contributed by atoms with van der Waals surface area (Å²) >= 11 is 7.30. The van der Waals surface area contributed by atoms with Crippen LogP contribution in [0, 0.1) is 0 Å². The Morgan fingerprint density at radius 2 is 2.24 bits per heavy atom. The van der Waals surface area contributed by atoms with E-state index in [1.165, 1.54) is 11.8 Å². The van der Waals surface area contributed by atoms with Crippen LogP contribution in [0.2, 0.25) is 5.02 Å². The molecule has 0 atom stereocenters. The van der Waals surface area contributed by atoms with E-state index in [-0.39, 0.29) is 5.75 Å². The summed E-state index contributed by atoms with van der Waals surface area (Å²) in [6.07, 6.45) is 0. The predicted molar refractivity (Wildman–Crippen MR) is 82.6 cm³/mol. The average Bonchev–Trinajstić information content (AvgIpc) is 2.87. The van der Waals surface area contributed by atoms with Gasteiger partial charge in [-0.25, -0.2) is 0 Å². The minimum atomic E-state index is -0.396. The molecule has 1 heterocycles. The van der Waals surface area contributed by atoms with Crippen LogP contribution in [-0.4, -0.2) is 33.5 Å². The molecule has 0 radical (unpaired) electrons. The molecule has 21 heavy (non-hydrogen) atoms. The molecule has 2 N–H and O–H groups in total. The summed E-state index contributed by atoms with van der Waals surface area (Å²) in [5.41, 5.74) is 5.92. The van der Waals surface area contributed by atoms with Crippen LogP contribution in [0.4, 0.5) is 0 Å². The number of hydrogen-bond acceptors (Lipinski definition) is 5. The van der Waals surface area contributed by atoms with Gasteiger partial charge in [0.05, 0.1) is 18.4 Å². The first-order chi connectivity index (χ1) is 10.1. The van der Waals surface area contributed by atoms with Gasteiger partial charge >= 0.3 is 0 Å². The Balaban J connectivity index is 2.45. The molecule has 2 rings (SSSR count). The lowest BCUT2D eigenvalue weighted by Crippen LogP contribution is -2.13. The smallest absolute Gasteiger partial charge is 0.227 e. The maximum Gasteiger partial charge on any atom is 0.227 e. The van der Waals surface area contributed by atoms with Crippen LogP contribution >= 0.6 is 23.4 Å². The molecule has 2 aromatic rings. The minimum absolute atomic E-state index is 0.158. The lowest BCUT2D eigenvalue weighted by molar-refractivity contribution is -0.115. The third-order valence-corrected chi connectivity index (χ3v) is 4.00. The first kappa shape index (κ1) is 15.7.